The number of benzene rings is 3. The van der Waals surface area contributed by atoms with Crippen LogP contribution in [0.1, 0.15) is 36.1 Å². The van der Waals surface area contributed by atoms with E-state index in [0.717, 1.165) is 39.9 Å². The fourth-order valence-corrected chi connectivity index (χ4v) is 3.99. The van der Waals surface area contributed by atoms with Gasteiger partial charge in [0.25, 0.3) is 0 Å². The Hall–Kier alpha value is -2.99. The number of ether oxygens (including phenoxy) is 1. The van der Waals surface area contributed by atoms with Gasteiger partial charge >= 0.3 is 12.1 Å². The number of halogens is 4. The van der Waals surface area contributed by atoms with Gasteiger partial charge in [-0.2, -0.15) is 13.2 Å². The highest BCUT2D eigenvalue weighted by Crippen LogP contribution is 2.34. The molecule has 1 N–H and O–H groups in total. The third-order valence-corrected chi connectivity index (χ3v) is 6.12. The number of carbonyl (C=O) groups excluding carboxylic acids is 1. The van der Waals surface area contributed by atoms with E-state index in [1.165, 1.54) is 6.07 Å². The number of carbonyl (C=O) groups is 1. The first-order valence-electron chi connectivity index (χ1n) is 10.9. The average Bonchev–Trinajstić information content (AvgIpc) is 2.77. The lowest BCUT2D eigenvalue weighted by Crippen LogP contribution is -2.36. The molecular weight excluding hydrogens is 463 g/mol. The molecule has 0 aliphatic heterocycles. The summed E-state index contributed by atoms with van der Waals surface area (Å²) >= 11 is 6.06. The molecule has 0 aromatic heterocycles. The van der Waals surface area contributed by atoms with Gasteiger partial charge in [0.05, 0.1) is 16.3 Å². The van der Waals surface area contributed by atoms with Crippen LogP contribution in [0.4, 0.5) is 18.9 Å². The summed E-state index contributed by atoms with van der Waals surface area (Å²) in [5.41, 5.74) is 4.48. The standard InChI is InChI=1S/C27H27ClF3NO2/c1-16(2)25(32-24-13-11-20(14-23(24)28)27(29,30)31)26(33)34-15-22-17(3)10-12-21(18(22)4)19-8-6-5-7-9-19/h5-14,16,25,32H,15H2,1-4H3. The van der Waals surface area contributed by atoms with Crippen LogP contribution in [0.5, 0.6) is 0 Å². The normalized spacial score (nSPS) is 12.5. The van der Waals surface area contributed by atoms with E-state index in [2.05, 4.69) is 11.4 Å². The molecular formula is C27H27ClF3NO2. The van der Waals surface area contributed by atoms with Crippen molar-refractivity contribution in [2.45, 2.75) is 46.5 Å². The summed E-state index contributed by atoms with van der Waals surface area (Å²) < 4.78 is 44.5. The highest BCUT2D eigenvalue weighted by Gasteiger charge is 2.31. The minimum atomic E-state index is -4.50. The Bertz CT molecular complexity index is 1160. The molecule has 0 amide bonds. The topological polar surface area (TPSA) is 38.3 Å². The second-order valence-electron chi connectivity index (χ2n) is 8.57. The maximum absolute atomic E-state index is 13.0. The van der Waals surface area contributed by atoms with E-state index >= 15 is 0 Å². The summed E-state index contributed by atoms with van der Waals surface area (Å²) in [5.74, 6) is -0.696. The summed E-state index contributed by atoms with van der Waals surface area (Å²) in [7, 11) is 0. The fourth-order valence-electron chi connectivity index (χ4n) is 3.75. The molecule has 0 bridgehead atoms. The Labute approximate surface area is 202 Å². The Morgan fingerprint density at radius 1 is 1.03 bits per heavy atom. The zero-order valence-corrected chi connectivity index (χ0v) is 20.2. The highest BCUT2D eigenvalue weighted by atomic mass is 35.5. The third-order valence-electron chi connectivity index (χ3n) is 5.80. The maximum atomic E-state index is 13.0. The summed E-state index contributed by atoms with van der Waals surface area (Å²) in [4.78, 5) is 13.0. The summed E-state index contributed by atoms with van der Waals surface area (Å²) in [6, 6.07) is 16.2. The molecule has 0 aliphatic carbocycles. The molecule has 34 heavy (non-hydrogen) atoms. The van der Waals surface area contributed by atoms with Crippen molar-refractivity contribution in [3.63, 3.8) is 0 Å². The van der Waals surface area contributed by atoms with Gasteiger partial charge in [-0.1, -0.05) is 67.9 Å². The lowest BCUT2D eigenvalue weighted by atomic mass is 9.93. The molecule has 3 nitrogen and oxygen atoms in total. The maximum Gasteiger partial charge on any atom is 0.416 e. The molecule has 0 saturated heterocycles. The number of alkyl halides is 3. The number of rotatable bonds is 7. The van der Waals surface area contributed by atoms with Crippen LogP contribution >= 0.6 is 11.6 Å². The Kier molecular flexibility index (Phi) is 7.93. The lowest BCUT2D eigenvalue weighted by Gasteiger charge is -2.23. The van der Waals surface area contributed by atoms with E-state index < -0.39 is 23.8 Å². The predicted molar refractivity (Wildman–Crippen MR) is 130 cm³/mol. The molecule has 0 heterocycles. The Morgan fingerprint density at radius 3 is 2.29 bits per heavy atom. The van der Waals surface area contributed by atoms with Crippen molar-refractivity contribution in [1.82, 2.24) is 0 Å². The van der Waals surface area contributed by atoms with Crippen LogP contribution in [0.15, 0.2) is 60.7 Å². The van der Waals surface area contributed by atoms with Crippen LogP contribution in [0, 0.1) is 19.8 Å². The number of esters is 1. The highest BCUT2D eigenvalue weighted by molar-refractivity contribution is 6.33. The first kappa shape index (κ1) is 25.6. The first-order chi connectivity index (χ1) is 16.0. The van der Waals surface area contributed by atoms with Crippen molar-refractivity contribution in [2.75, 3.05) is 5.32 Å². The molecule has 0 spiro atoms. The summed E-state index contributed by atoms with van der Waals surface area (Å²) in [6.07, 6.45) is -4.50. The largest absolute Gasteiger partial charge is 0.459 e. The van der Waals surface area contributed by atoms with Crippen LogP contribution < -0.4 is 5.32 Å². The number of hydrogen-bond donors (Lipinski definition) is 1. The fraction of sp³-hybridized carbons (Fsp3) is 0.296. The van der Waals surface area contributed by atoms with Crippen molar-refractivity contribution < 1.29 is 22.7 Å². The van der Waals surface area contributed by atoms with E-state index in [9.17, 15) is 18.0 Å². The second-order valence-corrected chi connectivity index (χ2v) is 8.97. The van der Waals surface area contributed by atoms with Crippen LogP contribution in [0.25, 0.3) is 11.1 Å². The number of aryl methyl sites for hydroxylation is 1. The van der Waals surface area contributed by atoms with Crippen molar-refractivity contribution in [2.24, 2.45) is 5.92 Å². The van der Waals surface area contributed by atoms with Gasteiger partial charge < -0.3 is 10.1 Å². The van der Waals surface area contributed by atoms with Gasteiger partial charge in [-0.15, -0.1) is 0 Å². The van der Waals surface area contributed by atoms with Gasteiger partial charge in [-0.3, -0.25) is 0 Å². The SMILES string of the molecule is Cc1ccc(-c2ccccc2)c(C)c1COC(=O)C(Nc1ccc(C(F)(F)F)cc1Cl)C(C)C. The molecule has 7 heteroatoms. The number of hydrogen-bond acceptors (Lipinski definition) is 3. The molecule has 3 aromatic carbocycles. The second kappa shape index (κ2) is 10.5. The zero-order chi connectivity index (χ0) is 25.0. The van der Waals surface area contributed by atoms with Crippen molar-refractivity contribution >= 4 is 23.3 Å². The Morgan fingerprint density at radius 2 is 1.71 bits per heavy atom. The van der Waals surface area contributed by atoms with Crippen LogP contribution in [-0.2, 0) is 22.3 Å². The number of nitrogens with one attached hydrogen (secondary N) is 1. The van der Waals surface area contributed by atoms with Gasteiger partial charge in [-0.05, 0) is 65.8 Å². The van der Waals surface area contributed by atoms with Crippen molar-refractivity contribution in [1.29, 1.82) is 0 Å². The van der Waals surface area contributed by atoms with Crippen LogP contribution in [-0.4, -0.2) is 12.0 Å². The van der Waals surface area contributed by atoms with E-state index in [1.807, 2.05) is 64.1 Å². The monoisotopic (exact) mass is 489 g/mol. The van der Waals surface area contributed by atoms with Gasteiger partial charge in [0.1, 0.15) is 12.6 Å². The lowest BCUT2D eigenvalue weighted by molar-refractivity contribution is -0.147. The zero-order valence-electron chi connectivity index (χ0n) is 19.5. The third kappa shape index (κ3) is 5.92. The molecule has 3 rings (SSSR count). The summed E-state index contributed by atoms with van der Waals surface area (Å²) in [6.45, 7) is 7.69. The minimum absolute atomic E-state index is 0.0861. The van der Waals surface area contributed by atoms with Crippen molar-refractivity contribution in [3.05, 3.63) is 87.9 Å². The molecule has 0 radical (unpaired) electrons. The molecule has 0 fully saturated rings. The first-order valence-corrected chi connectivity index (χ1v) is 11.3. The van der Waals surface area contributed by atoms with Crippen LogP contribution in [0.3, 0.4) is 0 Å². The van der Waals surface area contributed by atoms with Crippen molar-refractivity contribution in [3.8, 4) is 11.1 Å². The molecule has 0 saturated carbocycles. The summed E-state index contributed by atoms with van der Waals surface area (Å²) in [5, 5.41) is 2.84. The van der Waals surface area contributed by atoms with Gasteiger partial charge in [0.15, 0.2) is 0 Å². The average molecular weight is 490 g/mol. The Balaban J connectivity index is 1.78. The molecule has 1 unspecified atom stereocenters. The van der Waals surface area contributed by atoms with Gasteiger partial charge in [0.2, 0.25) is 0 Å². The van der Waals surface area contributed by atoms with Gasteiger partial charge in [-0.25, -0.2) is 4.79 Å². The van der Waals surface area contributed by atoms with E-state index in [1.54, 1.807) is 0 Å². The quantitative estimate of drug-likeness (QED) is 0.344. The predicted octanol–water partition coefficient (Wildman–Crippen LogP) is 7.82. The molecule has 3 aromatic rings. The number of anilines is 1. The smallest absolute Gasteiger partial charge is 0.416 e. The van der Waals surface area contributed by atoms with E-state index in [0.29, 0.717) is 0 Å². The molecule has 180 valence electrons. The molecule has 0 aliphatic rings. The van der Waals surface area contributed by atoms with E-state index in [-0.39, 0.29) is 23.2 Å². The van der Waals surface area contributed by atoms with E-state index in [4.69, 9.17) is 16.3 Å². The minimum Gasteiger partial charge on any atom is -0.459 e. The van der Waals surface area contributed by atoms with Gasteiger partial charge in [0, 0.05) is 0 Å². The van der Waals surface area contributed by atoms with Crippen LogP contribution in [0.2, 0.25) is 5.02 Å². The molecule has 1 atom stereocenters.